The summed E-state index contributed by atoms with van der Waals surface area (Å²) in [7, 11) is -3.75. The number of anilines is 2. The molecule has 1 aromatic carbocycles. The molecule has 0 spiro atoms. The van der Waals surface area contributed by atoms with Gasteiger partial charge in [0.05, 0.1) is 5.69 Å². The first-order valence-electron chi connectivity index (χ1n) is 6.62. The van der Waals surface area contributed by atoms with Gasteiger partial charge in [-0.1, -0.05) is 6.42 Å². The fourth-order valence-electron chi connectivity index (χ4n) is 3.51. The minimum Gasteiger partial charge on any atom is -0.399 e. The third kappa shape index (κ3) is 2.42. The number of nitrogens with one attached hydrogen (secondary N) is 1. The smallest absolute Gasteiger partial charge is 0.240 e. The molecule has 0 amide bonds. The Morgan fingerprint density at radius 3 is 2.58 bits per heavy atom. The number of sulfonamides is 1. The van der Waals surface area contributed by atoms with E-state index in [4.69, 9.17) is 10.9 Å². The number of benzene rings is 1. The summed E-state index contributed by atoms with van der Waals surface area (Å²) in [6.07, 6.45) is 4.94. The van der Waals surface area contributed by atoms with Crippen LogP contribution >= 0.6 is 0 Å². The molecule has 2 aliphatic rings. The molecule has 1 aromatic rings. The number of rotatable bonds is 3. The van der Waals surface area contributed by atoms with Gasteiger partial charge in [0.15, 0.2) is 0 Å². The summed E-state index contributed by atoms with van der Waals surface area (Å²) < 4.78 is 23.2. The van der Waals surface area contributed by atoms with E-state index < -0.39 is 10.0 Å². The lowest BCUT2D eigenvalue weighted by Crippen LogP contribution is -2.27. The minimum absolute atomic E-state index is 0.0928. The summed E-state index contributed by atoms with van der Waals surface area (Å²) in [5.74, 6) is 1.46. The van der Waals surface area contributed by atoms with Crippen molar-refractivity contribution in [2.75, 3.05) is 11.1 Å². The Hall–Kier alpha value is -1.27. The fraction of sp³-hybridized carbons (Fsp3) is 0.538. The summed E-state index contributed by atoms with van der Waals surface area (Å²) in [6, 6.07) is 5.19. The predicted octanol–water partition coefficient (Wildman–Crippen LogP) is 1.52. The van der Waals surface area contributed by atoms with E-state index in [0.29, 0.717) is 23.3 Å². The predicted molar refractivity (Wildman–Crippen MR) is 75.1 cm³/mol. The number of nitrogen functional groups attached to an aromatic ring is 1. The largest absolute Gasteiger partial charge is 0.399 e. The average Bonchev–Trinajstić information content (AvgIpc) is 2.92. The van der Waals surface area contributed by atoms with Crippen LogP contribution in [-0.4, -0.2) is 14.5 Å². The third-order valence-corrected chi connectivity index (χ3v) is 5.34. The van der Waals surface area contributed by atoms with Crippen LogP contribution in [0.25, 0.3) is 0 Å². The van der Waals surface area contributed by atoms with Crippen molar-refractivity contribution in [1.29, 1.82) is 0 Å². The van der Waals surface area contributed by atoms with Crippen LogP contribution in [-0.2, 0) is 10.0 Å². The lowest BCUT2D eigenvalue weighted by Gasteiger charge is -2.25. The van der Waals surface area contributed by atoms with Gasteiger partial charge in [-0.25, -0.2) is 13.6 Å². The molecule has 5 N–H and O–H groups in total. The number of nitrogens with two attached hydrogens (primary N) is 2. The maximum atomic E-state index is 11.6. The molecule has 2 fully saturated rings. The quantitative estimate of drug-likeness (QED) is 0.731. The maximum Gasteiger partial charge on any atom is 0.240 e. The molecule has 104 valence electrons. The Morgan fingerprint density at radius 1 is 1.21 bits per heavy atom. The number of hydrogen-bond donors (Lipinski definition) is 3. The number of fused-ring (bicyclic) bond motifs is 2. The van der Waals surface area contributed by atoms with Crippen LogP contribution in [0.2, 0.25) is 0 Å². The Morgan fingerprint density at radius 2 is 2.00 bits per heavy atom. The van der Waals surface area contributed by atoms with Crippen LogP contribution in [0.15, 0.2) is 23.1 Å². The monoisotopic (exact) mass is 281 g/mol. The van der Waals surface area contributed by atoms with Gasteiger partial charge in [0, 0.05) is 11.7 Å². The van der Waals surface area contributed by atoms with Crippen molar-refractivity contribution in [3.05, 3.63) is 18.2 Å². The van der Waals surface area contributed by atoms with E-state index in [0.717, 1.165) is 12.3 Å². The summed E-state index contributed by atoms with van der Waals surface area (Å²) in [5, 5.41) is 8.61. The van der Waals surface area contributed by atoms with Gasteiger partial charge in [-0.15, -0.1) is 0 Å². The van der Waals surface area contributed by atoms with Gasteiger partial charge in [0.25, 0.3) is 0 Å². The highest BCUT2D eigenvalue weighted by Crippen LogP contribution is 2.45. The molecule has 0 aliphatic heterocycles. The Bertz CT molecular complexity index is 600. The SMILES string of the molecule is Nc1ccc(NC2CC3CCC2C3)c(S(N)(=O)=O)c1. The molecule has 3 atom stereocenters. The third-order valence-electron chi connectivity index (χ3n) is 4.39. The highest BCUT2D eigenvalue weighted by molar-refractivity contribution is 7.89. The van der Waals surface area contributed by atoms with Crippen molar-refractivity contribution in [1.82, 2.24) is 0 Å². The Kier molecular flexibility index (Phi) is 2.94. The van der Waals surface area contributed by atoms with Gasteiger partial charge in [-0.3, -0.25) is 0 Å². The first kappa shape index (κ1) is 12.7. The molecule has 3 rings (SSSR count). The summed E-state index contributed by atoms with van der Waals surface area (Å²) >= 11 is 0. The summed E-state index contributed by atoms with van der Waals surface area (Å²) in [5.41, 5.74) is 6.63. The van der Waals surface area contributed by atoms with Crippen molar-refractivity contribution in [2.24, 2.45) is 17.0 Å². The molecule has 0 heterocycles. The lowest BCUT2D eigenvalue weighted by atomic mass is 9.95. The Balaban J connectivity index is 1.89. The summed E-state index contributed by atoms with van der Waals surface area (Å²) in [6.45, 7) is 0. The van der Waals surface area contributed by atoms with E-state index in [9.17, 15) is 8.42 Å². The standard InChI is InChI=1S/C13H19N3O2S/c14-10-3-4-11(13(7-10)19(15,17)18)16-12-6-8-1-2-9(12)5-8/h3-4,7-9,12,16H,1-2,5-6,14H2,(H2,15,17,18). The van der Waals surface area contributed by atoms with E-state index in [2.05, 4.69) is 5.32 Å². The van der Waals surface area contributed by atoms with Gasteiger partial charge >= 0.3 is 0 Å². The highest BCUT2D eigenvalue weighted by atomic mass is 32.2. The van der Waals surface area contributed by atoms with Gasteiger partial charge in [-0.05, 0) is 49.3 Å². The van der Waals surface area contributed by atoms with Gasteiger partial charge < -0.3 is 11.1 Å². The number of primary sulfonamides is 1. The molecule has 0 aromatic heterocycles. The van der Waals surface area contributed by atoms with Crippen molar-refractivity contribution >= 4 is 21.4 Å². The van der Waals surface area contributed by atoms with Crippen LogP contribution in [0.4, 0.5) is 11.4 Å². The topological polar surface area (TPSA) is 98.2 Å². The number of hydrogen-bond acceptors (Lipinski definition) is 4. The van der Waals surface area contributed by atoms with Gasteiger partial charge in [-0.2, -0.15) is 0 Å². The fourth-order valence-corrected chi connectivity index (χ4v) is 4.25. The molecule has 19 heavy (non-hydrogen) atoms. The van der Waals surface area contributed by atoms with Crippen LogP contribution in [0, 0.1) is 11.8 Å². The first-order valence-corrected chi connectivity index (χ1v) is 8.17. The zero-order chi connectivity index (χ0) is 13.6. The van der Waals surface area contributed by atoms with Crippen LogP contribution in [0.5, 0.6) is 0 Å². The molecule has 2 bridgehead atoms. The van der Waals surface area contributed by atoms with E-state index in [1.165, 1.54) is 25.3 Å². The molecule has 0 saturated heterocycles. The molecule has 0 radical (unpaired) electrons. The Labute approximate surface area is 113 Å². The van der Waals surface area contributed by atoms with Crippen molar-refractivity contribution < 1.29 is 8.42 Å². The minimum atomic E-state index is -3.75. The zero-order valence-electron chi connectivity index (χ0n) is 10.7. The van der Waals surface area contributed by atoms with Crippen LogP contribution in [0.1, 0.15) is 25.7 Å². The lowest BCUT2D eigenvalue weighted by molar-refractivity contribution is 0.439. The molecular weight excluding hydrogens is 262 g/mol. The van der Waals surface area contributed by atoms with Crippen molar-refractivity contribution in [3.8, 4) is 0 Å². The molecule has 2 saturated carbocycles. The van der Waals surface area contributed by atoms with Crippen molar-refractivity contribution in [2.45, 2.75) is 36.6 Å². The normalized spacial score (nSPS) is 29.6. The second-order valence-electron chi connectivity index (χ2n) is 5.73. The molecule has 6 heteroatoms. The highest BCUT2D eigenvalue weighted by Gasteiger charge is 2.39. The van der Waals surface area contributed by atoms with Crippen LogP contribution < -0.4 is 16.2 Å². The van der Waals surface area contributed by atoms with E-state index in [-0.39, 0.29) is 4.90 Å². The zero-order valence-corrected chi connectivity index (χ0v) is 11.5. The second kappa shape index (κ2) is 4.38. The average molecular weight is 281 g/mol. The van der Waals surface area contributed by atoms with E-state index in [1.54, 1.807) is 12.1 Å². The molecule has 2 aliphatic carbocycles. The van der Waals surface area contributed by atoms with E-state index >= 15 is 0 Å². The summed E-state index contributed by atoms with van der Waals surface area (Å²) in [4.78, 5) is 0.0928. The maximum absolute atomic E-state index is 11.6. The van der Waals surface area contributed by atoms with Gasteiger partial charge in [0.1, 0.15) is 4.90 Å². The van der Waals surface area contributed by atoms with E-state index in [1.807, 2.05) is 0 Å². The second-order valence-corrected chi connectivity index (χ2v) is 7.26. The molecule has 5 nitrogen and oxygen atoms in total. The first-order chi connectivity index (χ1) is 8.93. The van der Waals surface area contributed by atoms with Crippen molar-refractivity contribution in [3.63, 3.8) is 0 Å². The molecular formula is C13H19N3O2S. The van der Waals surface area contributed by atoms with Gasteiger partial charge in [0.2, 0.25) is 10.0 Å². The molecule has 3 unspecified atom stereocenters. The van der Waals surface area contributed by atoms with Crippen LogP contribution in [0.3, 0.4) is 0 Å².